The third-order valence-corrected chi connectivity index (χ3v) is 4.21. The minimum atomic E-state index is -0.475. The van der Waals surface area contributed by atoms with Crippen LogP contribution in [0.1, 0.15) is 15.9 Å². The van der Waals surface area contributed by atoms with Crippen LogP contribution in [-0.2, 0) is 0 Å². The molecule has 28 heavy (non-hydrogen) atoms. The van der Waals surface area contributed by atoms with Gasteiger partial charge in [-0.3, -0.25) is 14.9 Å². The van der Waals surface area contributed by atoms with Crippen molar-refractivity contribution in [2.75, 3.05) is 5.32 Å². The normalized spacial score (nSPS) is 10.8. The number of nitrogens with one attached hydrogen (secondary N) is 1. The van der Waals surface area contributed by atoms with Gasteiger partial charge in [0.1, 0.15) is 0 Å². The first-order valence-electron chi connectivity index (χ1n) is 8.39. The molecular formula is C20H14N4O4. The molecule has 0 saturated heterocycles. The number of aryl methyl sites for hydroxylation is 1. The van der Waals surface area contributed by atoms with Crippen molar-refractivity contribution < 1.29 is 14.1 Å². The van der Waals surface area contributed by atoms with Gasteiger partial charge in [0.25, 0.3) is 11.6 Å². The number of carbonyl (C=O) groups is 1. The van der Waals surface area contributed by atoms with E-state index >= 15 is 0 Å². The van der Waals surface area contributed by atoms with Gasteiger partial charge < -0.3 is 9.73 Å². The fraction of sp³-hybridized carbons (Fsp3) is 0.0500. The number of fused-ring (bicyclic) bond motifs is 1. The number of aromatic nitrogens is 2. The molecule has 0 aliphatic heterocycles. The molecule has 1 amide bonds. The summed E-state index contributed by atoms with van der Waals surface area (Å²) in [4.78, 5) is 31.3. The summed E-state index contributed by atoms with van der Waals surface area (Å²) in [6.45, 7) is 1.60. The Kier molecular flexibility index (Phi) is 4.29. The molecule has 138 valence electrons. The first-order chi connectivity index (χ1) is 13.5. The zero-order valence-electron chi connectivity index (χ0n) is 14.7. The van der Waals surface area contributed by atoms with Crippen LogP contribution < -0.4 is 5.32 Å². The summed E-state index contributed by atoms with van der Waals surface area (Å²) in [7, 11) is 0. The predicted molar refractivity (Wildman–Crippen MR) is 103 cm³/mol. The number of nitro benzene ring substituents is 1. The van der Waals surface area contributed by atoms with E-state index in [2.05, 4.69) is 15.3 Å². The standard InChI is InChI=1S/C20H14N4O4/c1-12-11-14(6-9-16(12)24(26)27)19(25)22-15-7-4-13(5-8-15)20-23-18-17(28-20)3-2-10-21-18/h2-11H,1H3,(H,22,25). The first kappa shape index (κ1) is 17.3. The highest BCUT2D eigenvalue weighted by Crippen LogP contribution is 2.25. The minimum absolute atomic E-state index is 0.0197. The lowest BCUT2D eigenvalue weighted by Crippen LogP contribution is -2.12. The Morgan fingerprint density at radius 2 is 1.93 bits per heavy atom. The Morgan fingerprint density at radius 3 is 2.61 bits per heavy atom. The number of hydrogen-bond donors (Lipinski definition) is 1. The monoisotopic (exact) mass is 374 g/mol. The minimum Gasteiger partial charge on any atom is -0.434 e. The first-order valence-corrected chi connectivity index (χ1v) is 8.39. The number of oxazole rings is 1. The van der Waals surface area contributed by atoms with E-state index in [1.165, 1.54) is 18.2 Å². The molecular weight excluding hydrogens is 360 g/mol. The van der Waals surface area contributed by atoms with Gasteiger partial charge in [-0.15, -0.1) is 0 Å². The van der Waals surface area contributed by atoms with Crippen LogP contribution in [-0.4, -0.2) is 20.8 Å². The van der Waals surface area contributed by atoms with Crippen molar-refractivity contribution in [1.82, 2.24) is 9.97 Å². The SMILES string of the molecule is Cc1cc(C(=O)Nc2ccc(-c3nc4ncccc4o3)cc2)ccc1[N+](=O)[O-]. The van der Waals surface area contributed by atoms with Crippen molar-refractivity contribution in [3.8, 4) is 11.5 Å². The molecule has 0 aliphatic carbocycles. The van der Waals surface area contributed by atoms with E-state index in [1.807, 2.05) is 0 Å². The second-order valence-electron chi connectivity index (χ2n) is 6.13. The highest BCUT2D eigenvalue weighted by atomic mass is 16.6. The number of rotatable bonds is 4. The van der Waals surface area contributed by atoms with Gasteiger partial charge in [0, 0.05) is 34.6 Å². The Morgan fingerprint density at radius 1 is 1.14 bits per heavy atom. The van der Waals surface area contributed by atoms with Crippen molar-refractivity contribution in [3.05, 3.63) is 82.0 Å². The Bertz CT molecular complexity index is 1170. The molecule has 1 N–H and O–H groups in total. The summed E-state index contributed by atoms with van der Waals surface area (Å²) in [5, 5.41) is 13.7. The van der Waals surface area contributed by atoms with Gasteiger partial charge >= 0.3 is 0 Å². The summed E-state index contributed by atoms with van der Waals surface area (Å²) in [6.07, 6.45) is 1.65. The molecule has 8 nitrogen and oxygen atoms in total. The zero-order chi connectivity index (χ0) is 19.7. The Labute approximate surface area is 159 Å². The lowest BCUT2D eigenvalue weighted by molar-refractivity contribution is -0.385. The molecule has 8 heteroatoms. The number of hydrogen-bond acceptors (Lipinski definition) is 6. The molecule has 0 atom stereocenters. The molecule has 2 aromatic heterocycles. The summed E-state index contributed by atoms with van der Waals surface area (Å²) < 4.78 is 5.67. The second-order valence-corrected chi connectivity index (χ2v) is 6.13. The zero-order valence-corrected chi connectivity index (χ0v) is 14.7. The maximum Gasteiger partial charge on any atom is 0.272 e. The molecule has 0 fully saturated rings. The van der Waals surface area contributed by atoms with Crippen LogP contribution in [0.15, 0.2) is 65.2 Å². The van der Waals surface area contributed by atoms with E-state index in [0.717, 1.165) is 5.56 Å². The van der Waals surface area contributed by atoms with E-state index in [9.17, 15) is 14.9 Å². The molecule has 4 aromatic rings. The predicted octanol–water partition coefficient (Wildman–Crippen LogP) is 4.36. The van der Waals surface area contributed by atoms with Crippen LogP contribution in [0.4, 0.5) is 11.4 Å². The van der Waals surface area contributed by atoms with Gasteiger partial charge in [-0.05, 0) is 55.5 Å². The van der Waals surface area contributed by atoms with E-state index in [4.69, 9.17) is 4.42 Å². The van der Waals surface area contributed by atoms with Crippen molar-refractivity contribution in [1.29, 1.82) is 0 Å². The van der Waals surface area contributed by atoms with Gasteiger partial charge in [0.05, 0.1) is 4.92 Å². The average molecular weight is 374 g/mol. The quantitative estimate of drug-likeness (QED) is 0.420. The van der Waals surface area contributed by atoms with E-state index < -0.39 is 4.92 Å². The van der Waals surface area contributed by atoms with Gasteiger partial charge in [-0.25, -0.2) is 4.98 Å². The van der Waals surface area contributed by atoms with Crippen molar-refractivity contribution in [2.24, 2.45) is 0 Å². The van der Waals surface area contributed by atoms with Gasteiger partial charge in [0.15, 0.2) is 11.2 Å². The van der Waals surface area contributed by atoms with Gasteiger partial charge in [-0.2, -0.15) is 4.98 Å². The fourth-order valence-electron chi connectivity index (χ4n) is 2.79. The van der Waals surface area contributed by atoms with E-state index in [1.54, 1.807) is 49.5 Å². The third kappa shape index (κ3) is 3.30. The van der Waals surface area contributed by atoms with Crippen LogP contribution in [0.5, 0.6) is 0 Å². The summed E-state index contributed by atoms with van der Waals surface area (Å²) in [5.41, 5.74) is 3.22. The highest BCUT2D eigenvalue weighted by molar-refractivity contribution is 6.04. The number of nitro groups is 1. The van der Waals surface area contributed by atoms with Crippen LogP contribution in [0.3, 0.4) is 0 Å². The lowest BCUT2D eigenvalue weighted by Gasteiger charge is -2.07. The number of carbonyl (C=O) groups excluding carboxylic acids is 1. The van der Waals surface area contributed by atoms with Crippen molar-refractivity contribution in [3.63, 3.8) is 0 Å². The fourth-order valence-corrected chi connectivity index (χ4v) is 2.79. The van der Waals surface area contributed by atoms with Crippen molar-refractivity contribution >= 4 is 28.5 Å². The smallest absolute Gasteiger partial charge is 0.272 e. The highest BCUT2D eigenvalue weighted by Gasteiger charge is 2.14. The second kappa shape index (κ2) is 6.92. The molecule has 4 rings (SSSR count). The Balaban J connectivity index is 1.52. The molecule has 0 aliphatic rings. The molecule has 0 radical (unpaired) electrons. The number of pyridine rings is 1. The molecule has 0 spiro atoms. The molecule has 0 saturated carbocycles. The van der Waals surface area contributed by atoms with Crippen LogP contribution in [0.25, 0.3) is 22.7 Å². The van der Waals surface area contributed by atoms with Crippen LogP contribution in [0.2, 0.25) is 0 Å². The summed E-state index contributed by atoms with van der Waals surface area (Å²) in [6, 6.07) is 14.8. The molecule has 0 unspecified atom stereocenters. The van der Waals surface area contributed by atoms with Crippen molar-refractivity contribution in [2.45, 2.75) is 6.92 Å². The van der Waals surface area contributed by atoms with Crippen LogP contribution >= 0.6 is 0 Å². The molecule has 2 aromatic carbocycles. The van der Waals surface area contributed by atoms with E-state index in [-0.39, 0.29) is 11.6 Å². The average Bonchev–Trinajstić information content (AvgIpc) is 3.12. The largest absolute Gasteiger partial charge is 0.434 e. The maximum absolute atomic E-state index is 12.4. The number of benzene rings is 2. The van der Waals surface area contributed by atoms with Crippen LogP contribution in [0, 0.1) is 17.0 Å². The number of amides is 1. The van der Waals surface area contributed by atoms with Gasteiger partial charge in [-0.1, -0.05) is 0 Å². The summed E-state index contributed by atoms with van der Waals surface area (Å²) >= 11 is 0. The Hall–Kier alpha value is -4.07. The molecule has 0 bridgehead atoms. The maximum atomic E-state index is 12.4. The van der Waals surface area contributed by atoms with Gasteiger partial charge in [0.2, 0.25) is 5.89 Å². The lowest BCUT2D eigenvalue weighted by atomic mass is 10.1. The molecule has 2 heterocycles. The number of nitrogens with zero attached hydrogens (tertiary/aromatic N) is 3. The number of anilines is 1. The third-order valence-electron chi connectivity index (χ3n) is 4.21. The topological polar surface area (TPSA) is 111 Å². The van der Waals surface area contributed by atoms with E-state index in [0.29, 0.717) is 33.9 Å². The summed E-state index contributed by atoms with van der Waals surface area (Å²) in [5.74, 6) is 0.0920.